The number of aromatic nitrogens is 4. The highest BCUT2D eigenvalue weighted by Gasteiger charge is 2.39. The van der Waals surface area contributed by atoms with Gasteiger partial charge in [-0.05, 0) is 12.8 Å². The van der Waals surface area contributed by atoms with E-state index >= 15 is 0 Å². The zero-order chi connectivity index (χ0) is 13.6. The van der Waals surface area contributed by atoms with Crippen LogP contribution in [0.3, 0.4) is 0 Å². The Bertz CT molecular complexity index is 586. The van der Waals surface area contributed by atoms with Crippen molar-refractivity contribution in [2.45, 2.75) is 31.1 Å². The number of halogens is 3. The van der Waals surface area contributed by atoms with Gasteiger partial charge in [-0.2, -0.15) is 18.2 Å². The topological polar surface area (TPSA) is 82.8 Å². The fraction of sp³-hybridized carbons (Fsp3) is 0.500. The third-order valence-electron chi connectivity index (χ3n) is 2.92. The minimum atomic E-state index is -4.66. The summed E-state index contributed by atoms with van der Waals surface area (Å²) in [5.74, 6) is -1.59. The van der Waals surface area contributed by atoms with Crippen molar-refractivity contribution >= 4 is 0 Å². The first kappa shape index (κ1) is 12.2. The molecule has 0 spiro atoms. The zero-order valence-corrected chi connectivity index (χ0v) is 9.63. The van der Waals surface area contributed by atoms with Gasteiger partial charge < -0.3 is 14.8 Å². The Labute approximate surface area is 105 Å². The molecule has 1 unspecified atom stereocenters. The number of rotatable bonds is 3. The lowest BCUT2D eigenvalue weighted by Crippen LogP contribution is -2.18. The van der Waals surface area contributed by atoms with Crippen molar-refractivity contribution in [3.63, 3.8) is 0 Å². The number of hydrogen-bond donors (Lipinski definition) is 1. The van der Waals surface area contributed by atoms with Crippen LogP contribution in [-0.2, 0) is 6.18 Å². The maximum atomic E-state index is 12.4. The molecular formula is C10H10F3N5O. The summed E-state index contributed by atoms with van der Waals surface area (Å²) in [6.45, 7) is 0. The molecular weight excluding hydrogens is 263 g/mol. The third kappa shape index (κ3) is 2.21. The summed E-state index contributed by atoms with van der Waals surface area (Å²) >= 11 is 0. The highest BCUT2D eigenvalue weighted by molar-refractivity contribution is 5.16. The Balaban J connectivity index is 1.89. The molecule has 0 amide bonds. The van der Waals surface area contributed by atoms with Gasteiger partial charge in [0, 0.05) is 6.04 Å². The Morgan fingerprint density at radius 1 is 1.42 bits per heavy atom. The molecule has 2 aromatic heterocycles. The average molecular weight is 273 g/mol. The van der Waals surface area contributed by atoms with Crippen LogP contribution in [-0.4, -0.2) is 19.7 Å². The maximum Gasteiger partial charge on any atom is 0.471 e. The molecule has 2 N–H and O–H groups in total. The molecule has 9 heteroatoms. The zero-order valence-electron chi connectivity index (χ0n) is 9.63. The van der Waals surface area contributed by atoms with E-state index < -0.39 is 18.1 Å². The lowest BCUT2D eigenvalue weighted by atomic mass is 10.2. The summed E-state index contributed by atoms with van der Waals surface area (Å²) in [5.41, 5.74) is 6.45. The van der Waals surface area contributed by atoms with E-state index in [0.29, 0.717) is 11.7 Å². The Hall–Kier alpha value is -1.90. The van der Waals surface area contributed by atoms with E-state index in [1.165, 1.54) is 6.20 Å². The summed E-state index contributed by atoms with van der Waals surface area (Å²) in [4.78, 5) is 7.25. The van der Waals surface area contributed by atoms with Crippen molar-refractivity contribution < 1.29 is 17.7 Å². The molecule has 0 aliphatic heterocycles. The van der Waals surface area contributed by atoms with Gasteiger partial charge in [0.05, 0.1) is 18.2 Å². The third-order valence-corrected chi connectivity index (χ3v) is 2.92. The molecule has 6 nitrogen and oxygen atoms in total. The molecule has 2 heterocycles. The maximum absolute atomic E-state index is 12.4. The van der Waals surface area contributed by atoms with Gasteiger partial charge in [0.25, 0.3) is 0 Å². The number of imidazole rings is 1. The van der Waals surface area contributed by atoms with Crippen LogP contribution in [0, 0.1) is 0 Å². The lowest BCUT2D eigenvalue weighted by Gasteiger charge is -2.10. The van der Waals surface area contributed by atoms with Gasteiger partial charge in [0.2, 0.25) is 0 Å². The van der Waals surface area contributed by atoms with Gasteiger partial charge >= 0.3 is 12.1 Å². The summed E-state index contributed by atoms with van der Waals surface area (Å²) < 4.78 is 43.1. The summed E-state index contributed by atoms with van der Waals surface area (Å²) in [6.07, 6.45) is 0.470. The van der Waals surface area contributed by atoms with Crippen molar-refractivity contribution in [3.8, 4) is 0 Å². The van der Waals surface area contributed by atoms with E-state index in [0.717, 1.165) is 12.8 Å². The number of nitrogens with zero attached hydrogens (tertiary/aromatic N) is 4. The first-order valence-electron chi connectivity index (χ1n) is 5.65. The first-order valence-corrected chi connectivity index (χ1v) is 5.65. The standard InChI is InChI=1S/C10H10F3N5O/c11-10(12,13)9-16-8(17-19-9)7(14)6-3-15-4-18(6)5-1-2-5/h3-5,7H,1-2,14H2. The summed E-state index contributed by atoms with van der Waals surface area (Å²) in [7, 11) is 0. The molecule has 0 aromatic carbocycles. The normalized spacial score (nSPS) is 17.7. The van der Waals surface area contributed by atoms with Crippen molar-refractivity contribution in [2.24, 2.45) is 5.73 Å². The minimum absolute atomic E-state index is 0.199. The van der Waals surface area contributed by atoms with Gasteiger partial charge in [-0.25, -0.2) is 4.98 Å². The molecule has 19 heavy (non-hydrogen) atoms. The van der Waals surface area contributed by atoms with E-state index in [9.17, 15) is 13.2 Å². The van der Waals surface area contributed by atoms with E-state index in [2.05, 4.69) is 19.6 Å². The fourth-order valence-corrected chi connectivity index (χ4v) is 1.82. The summed E-state index contributed by atoms with van der Waals surface area (Å²) in [5, 5.41) is 3.29. The van der Waals surface area contributed by atoms with Gasteiger partial charge in [-0.15, -0.1) is 0 Å². The summed E-state index contributed by atoms with van der Waals surface area (Å²) in [6, 6.07) is -0.569. The molecule has 102 valence electrons. The largest absolute Gasteiger partial charge is 0.471 e. The van der Waals surface area contributed by atoms with Crippen LogP contribution >= 0.6 is 0 Å². The molecule has 3 rings (SSSR count). The van der Waals surface area contributed by atoms with E-state index in [4.69, 9.17) is 5.73 Å². The van der Waals surface area contributed by atoms with Crippen molar-refractivity contribution in [1.29, 1.82) is 0 Å². The first-order chi connectivity index (χ1) is 8.97. The van der Waals surface area contributed by atoms with Gasteiger partial charge in [-0.3, -0.25) is 0 Å². The van der Waals surface area contributed by atoms with E-state index in [-0.39, 0.29) is 5.82 Å². The van der Waals surface area contributed by atoms with Crippen LogP contribution in [0.4, 0.5) is 13.2 Å². The molecule has 1 saturated carbocycles. The molecule has 0 saturated heterocycles. The highest BCUT2D eigenvalue weighted by atomic mass is 19.4. The second kappa shape index (κ2) is 4.05. The molecule has 1 fully saturated rings. The van der Waals surface area contributed by atoms with E-state index in [1.807, 2.05) is 4.57 Å². The number of nitrogens with two attached hydrogens (primary N) is 1. The monoisotopic (exact) mass is 273 g/mol. The Morgan fingerprint density at radius 2 is 2.16 bits per heavy atom. The van der Waals surface area contributed by atoms with Crippen LogP contribution in [0.1, 0.15) is 42.3 Å². The minimum Gasteiger partial charge on any atom is -0.330 e. The smallest absolute Gasteiger partial charge is 0.330 e. The second-order valence-electron chi connectivity index (χ2n) is 4.39. The molecule has 2 aromatic rings. The van der Waals surface area contributed by atoms with E-state index in [1.54, 1.807) is 6.33 Å². The van der Waals surface area contributed by atoms with Crippen LogP contribution in [0.15, 0.2) is 17.0 Å². The van der Waals surface area contributed by atoms with Crippen molar-refractivity contribution in [1.82, 2.24) is 19.7 Å². The predicted octanol–water partition coefficient (Wildman–Crippen LogP) is 1.67. The molecule has 0 radical (unpaired) electrons. The Kier molecular flexibility index (Phi) is 2.59. The van der Waals surface area contributed by atoms with Crippen LogP contribution in [0.2, 0.25) is 0 Å². The van der Waals surface area contributed by atoms with Crippen LogP contribution in [0.5, 0.6) is 0 Å². The van der Waals surface area contributed by atoms with Gasteiger partial charge in [0.15, 0.2) is 5.82 Å². The number of hydrogen-bond acceptors (Lipinski definition) is 5. The molecule has 0 bridgehead atoms. The molecule has 1 atom stereocenters. The lowest BCUT2D eigenvalue weighted by molar-refractivity contribution is -0.159. The predicted molar refractivity (Wildman–Crippen MR) is 55.8 cm³/mol. The van der Waals surface area contributed by atoms with Crippen LogP contribution < -0.4 is 5.73 Å². The molecule has 1 aliphatic rings. The van der Waals surface area contributed by atoms with Crippen molar-refractivity contribution in [2.75, 3.05) is 0 Å². The SMILES string of the molecule is NC(c1noc(C(F)(F)F)n1)c1cncn1C1CC1. The van der Waals surface area contributed by atoms with Gasteiger partial charge in [-0.1, -0.05) is 5.16 Å². The quantitative estimate of drug-likeness (QED) is 0.919. The van der Waals surface area contributed by atoms with Crippen molar-refractivity contribution in [3.05, 3.63) is 29.9 Å². The Morgan fingerprint density at radius 3 is 2.74 bits per heavy atom. The number of alkyl halides is 3. The second-order valence-corrected chi connectivity index (χ2v) is 4.39. The molecule has 1 aliphatic carbocycles. The van der Waals surface area contributed by atoms with Gasteiger partial charge in [0.1, 0.15) is 6.04 Å². The highest BCUT2D eigenvalue weighted by Crippen LogP contribution is 2.37. The fourth-order valence-electron chi connectivity index (χ4n) is 1.82. The van der Waals surface area contributed by atoms with Crippen LogP contribution in [0.25, 0.3) is 0 Å². The average Bonchev–Trinajstić information content (AvgIpc) is 2.91.